The number of aromatic amines is 2. The SMILES string of the molecule is CC(C)c1cnn2c1CCCC2.CC(C)c1n[nH]c2c1CCC2.CC(C)c1n[nH]c2c1CCCC2.CC(C)c1nn(C)c2c1CCCC2. The van der Waals surface area contributed by atoms with Crippen LogP contribution in [-0.4, -0.2) is 40.0 Å². The molecule has 264 valence electrons. The van der Waals surface area contributed by atoms with Crippen LogP contribution in [0, 0.1) is 0 Å². The number of aryl methyl sites for hydroxylation is 4. The molecule has 0 saturated carbocycles. The van der Waals surface area contributed by atoms with Crippen LogP contribution in [0.2, 0.25) is 0 Å². The van der Waals surface area contributed by atoms with Gasteiger partial charge in [-0.1, -0.05) is 55.4 Å². The van der Waals surface area contributed by atoms with Crippen LogP contribution in [0.4, 0.5) is 0 Å². The molecule has 3 aliphatic carbocycles. The van der Waals surface area contributed by atoms with Crippen molar-refractivity contribution in [1.82, 2.24) is 40.0 Å². The molecule has 0 radical (unpaired) electrons. The Labute approximate surface area is 290 Å². The van der Waals surface area contributed by atoms with Crippen LogP contribution < -0.4 is 0 Å². The van der Waals surface area contributed by atoms with Crippen LogP contribution in [0.15, 0.2) is 6.20 Å². The minimum Gasteiger partial charge on any atom is -0.282 e. The van der Waals surface area contributed by atoms with E-state index in [-0.39, 0.29) is 0 Å². The van der Waals surface area contributed by atoms with Crippen molar-refractivity contribution in [2.75, 3.05) is 0 Å². The fraction of sp³-hybridized carbons (Fsp3) is 0.700. The van der Waals surface area contributed by atoms with E-state index in [1.807, 2.05) is 6.20 Å². The van der Waals surface area contributed by atoms with E-state index < -0.39 is 0 Å². The second-order valence-corrected chi connectivity index (χ2v) is 15.7. The summed E-state index contributed by atoms with van der Waals surface area (Å²) in [5.41, 5.74) is 15.7. The Morgan fingerprint density at radius 3 is 1.65 bits per heavy atom. The number of rotatable bonds is 4. The highest BCUT2D eigenvalue weighted by Gasteiger charge is 2.22. The first-order valence-electron chi connectivity index (χ1n) is 19.3. The van der Waals surface area contributed by atoms with Crippen molar-refractivity contribution in [3.63, 3.8) is 0 Å². The van der Waals surface area contributed by atoms with Gasteiger partial charge in [0.25, 0.3) is 0 Å². The van der Waals surface area contributed by atoms with Gasteiger partial charge in [-0.2, -0.15) is 20.4 Å². The first kappa shape index (κ1) is 36.1. The van der Waals surface area contributed by atoms with Crippen LogP contribution in [0.5, 0.6) is 0 Å². The Morgan fingerprint density at radius 1 is 0.542 bits per heavy atom. The third-order valence-electron chi connectivity index (χ3n) is 10.6. The standard InChI is InChI=1S/C11H18N2.2C10H16N2.C9H14N2/c1-8(2)11-9-6-4-5-7-10(9)13(3)12-11;1-8(2)9-7-11-12-6-4-3-5-10(9)12;1-7(2)10-8-5-3-4-6-9(8)11-12-10;1-6(2)9-7-4-3-5-8(7)10-11-9/h8H,4-7H2,1-3H3;7-8H,3-6H2,1-2H3;7H,3-6H2,1-2H3,(H,11,12);6H,3-5H2,1-2H3,(H,10,11). The van der Waals surface area contributed by atoms with Crippen molar-refractivity contribution < 1.29 is 0 Å². The minimum absolute atomic E-state index is 0.572. The van der Waals surface area contributed by atoms with Crippen molar-refractivity contribution in [2.45, 2.75) is 175 Å². The fourth-order valence-corrected chi connectivity index (χ4v) is 8.00. The van der Waals surface area contributed by atoms with Crippen molar-refractivity contribution in [1.29, 1.82) is 0 Å². The van der Waals surface area contributed by atoms with Gasteiger partial charge in [0.15, 0.2) is 0 Å². The van der Waals surface area contributed by atoms with E-state index in [1.165, 1.54) is 146 Å². The largest absolute Gasteiger partial charge is 0.282 e. The average Bonchev–Trinajstić information content (AvgIpc) is 3.90. The second kappa shape index (κ2) is 16.5. The van der Waals surface area contributed by atoms with Crippen LogP contribution in [0.3, 0.4) is 0 Å². The van der Waals surface area contributed by atoms with E-state index in [9.17, 15) is 0 Å². The molecule has 0 bridgehead atoms. The minimum atomic E-state index is 0.572. The molecule has 0 aromatic carbocycles. The van der Waals surface area contributed by atoms with Crippen LogP contribution >= 0.6 is 0 Å². The van der Waals surface area contributed by atoms with E-state index in [0.29, 0.717) is 23.7 Å². The van der Waals surface area contributed by atoms with Crippen molar-refractivity contribution in [3.8, 4) is 0 Å². The summed E-state index contributed by atoms with van der Waals surface area (Å²) in [4.78, 5) is 0. The highest BCUT2D eigenvalue weighted by Crippen LogP contribution is 2.29. The first-order chi connectivity index (χ1) is 23.1. The second-order valence-electron chi connectivity index (χ2n) is 15.7. The molecule has 8 heteroatoms. The van der Waals surface area contributed by atoms with Gasteiger partial charge in [-0.25, -0.2) is 0 Å². The number of aromatic nitrogens is 8. The molecule has 0 saturated heterocycles. The monoisotopic (exact) mass is 657 g/mol. The Kier molecular flexibility index (Phi) is 12.4. The molecule has 0 unspecified atom stereocenters. The van der Waals surface area contributed by atoms with Crippen LogP contribution in [-0.2, 0) is 58.5 Å². The van der Waals surface area contributed by atoms with E-state index in [2.05, 4.69) is 102 Å². The predicted molar refractivity (Wildman–Crippen MR) is 197 cm³/mol. The molecule has 2 N–H and O–H groups in total. The smallest absolute Gasteiger partial charge is 0.0684 e. The maximum Gasteiger partial charge on any atom is 0.0684 e. The maximum atomic E-state index is 4.61. The molecule has 0 spiro atoms. The molecule has 8 rings (SSSR count). The summed E-state index contributed by atoms with van der Waals surface area (Å²) in [6.45, 7) is 18.9. The molecular formula is C40H64N8. The lowest BCUT2D eigenvalue weighted by Crippen LogP contribution is -2.12. The number of fused-ring (bicyclic) bond motifs is 4. The Morgan fingerprint density at radius 2 is 1.04 bits per heavy atom. The fourth-order valence-electron chi connectivity index (χ4n) is 8.00. The van der Waals surface area contributed by atoms with Gasteiger partial charge < -0.3 is 0 Å². The summed E-state index contributed by atoms with van der Waals surface area (Å²) in [6.07, 6.45) is 19.9. The van der Waals surface area contributed by atoms with Gasteiger partial charge in [0.05, 0.1) is 23.3 Å². The average molecular weight is 657 g/mol. The Hall–Kier alpha value is -3.16. The zero-order chi connectivity index (χ0) is 34.4. The van der Waals surface area contributed by atoms with Crippen molar-refractivity contribution in [2.24, 2.45) is 7.05 Å². The summed E-state index contributed by atoms with van der Waals surface area (Å²) < 4.78 is 4.27. The normalized spacial score (nSPS) is 16.4. The summed E-state index contributed by atoms with van der Waals surface area (Å²) >= 11 is 0. The Balaban J connectivity index is 0.000000125. The number of nitrogens with one attached hydrogen (secondary N) is 2. The van der Waals surface area contributed by atoms with E-state index in [1.54, 1.807) is 5.56 Å². The summed E-state index contributed by atoms with van der Waals surface area (Å²) in [7, 11) is 2.08. The molecule has 0 fully saturated rings. The molecule has 8 nitrogen and oxygen atoms in total. The number of nitrogens with zero attached hydrogens (tertiary/aromatic N) is 6. The van der Waals surface area contributed by atoms with Gasteiger partial charge in [-0.15, -0.1) is 0 Å². The molecule has 4 aromatic rings. The van der Waals surface area contributed by atoms with E-state index in [4.69, 9.17) is 0 Å². The molecule has 4 aliphatic rings. The molecule has 1 aliphatic heterocycles. The maximum absolute atomic E-state index is 4.61. The summed E-state index contributed by atoms with van der Waals surface area (Å²) in [5.74, 6) is 2.36. The van der Waals surface area contributed by atoms with Gasteiger partial charge in [0.1, 0.15) is 0 Å². The molecule has 5 heterocycles. The van der Waals surface area contributed by atoms with Crippen LogP contribution in [0.1, 0.15) is 186 Å². The lowest BCUT2D eigenvalue weighted by molar-refractivity contribution is 0.483. The predicted octanol–water partition coefficient (Wildman–Crippen LogP) is 9.20. The van der Waals surface area contributed by atoms with Gasteiger partial charge >= 0.3 is 0 Å². The third kappa shape index (κ3) is 8.34. The summed E-state index contributed by atoms with van der Waals surface area (Å²) in [6, 6.07) is 0. The van der Waals surface area contributed by atoms with Crippen LogP contribution in [0.25, 0.3) is 0 Å². The van der Waals surface area contributed by atoms with Gasteiger partial charge in [0.2, 0.25) is 0 Å². The van der Waals surface area contributed by atoms with Gasteiger partial charge in [-0.05, 0) is 136 Å². The molecule has 0 amide bonds. The summed E-state index contributed by atoms with van der Waals surface area (Å²) in [5, 5.41) is 24.0. The molecule has 0 atom stereocenters. The lowest BCUT2D eigenvalue weighted by atomic mass is 9.92. The third-order valence-corrected chi connectivity index (χ3v) is 10.6. The molecule has 48 heavy (non-hydrogen) atoms. The quantitative estimate of drug-likeness (QED) is 0.229. The lowest BCUT2D eigenvalue weighted by Gasteiger charge is -2.15. The zero-order valence-corrected chi connectivity index (χ0v) is 31.7. The number of hydrogen-bond donors (Lipinski definition) is 2. The first-order valence-corrected chi connectivity index (χ1v) is 19.3. The van der Waals surface area contributed by atoms with Gasteiger partial charge in [0, 0.05) is 36.4 Å². The van der Waals surface area contributed by atoms with E-state index in [0.717, 1.165) is 6.54 Å². The topological polar surface area (TPSA) is 93.0 Å². The number of hydrogen-bond acceptors (Lipinski definition) is 4. The molecule has 4 aromatic heterocycles. The van der Waals surface area contributed by atoms with E-state index >= 15 is 0 Å². The van der Waals surface area contributed by atoms with Crippen molar-refractivity contribution in [3.05, 3.63) is 68.3 Å². The highest BCUT2D eigenvalue weighted by molar-refractivity contribution is 5.32. The Bertz CT molecular complexity index is 1530. The number of H-pyrrole nitrogens is 2. The zero-order valence-electron chi connectivity index (χ0n) is 31.7. The highest BCUT2D eigenvalue weighted by atomic mass is 15.3. The van der Waals surface area contributed by atoms with Gasteiger partial charge in [-0.3, -0.25) is 19.6 Å². The van der Waals surface area contributed by atoms with Crippen molar-refractivity contribution >= 4 is 0 Å². The molecular weight excluding hydrogens is 592 g/mol.